The van der Waals surface area contributed by atoms with E-state index in [-0.39, 0.29) is 5.56 Å². The summed E-state index contributed by atoms with van der Waals surface area (Å²) in [5, 5.41) is 0.575. The van der Waals surface area contributed by atoms with Crippen LogP contribution in [-0.2, 0) is 0 Å². The van der Waals surface area contributed by atoms with E-state index in [1.54, 1.807) is 24.3 Å². The molecule has 0 saturated heterocycles. The topological polar surface area (TPSA) is 22.1 Å². The largest absolute Gasteiger partial charge is 0.494 e. The van der Waals surface area contributed by atoms with Gasteiger partial charge in [-0.1, -0.05) is 23.7 Å². The zero-order chi connectivity index (χ0) is 17.1. The third-order valence-corrected chi connectivity index (χ3v) is 3.67. The first-order chi connectivity index (χ1) is 11.6. The van der Waals surface area contributed by atoms with E-state index in [4.69, 9.17) is 16.3 Å². The summed E-state index contributed by atoms with van der Waals surface area (Å²) in [4.78, 5) is 4.49. The van der Waals surface area contributed by atoms with Gasteiger partial charge in [-0.3, -0.25) is 0 Å². The molecule has 0 saturated carbocycles. The second-order valence-electron chi connectivity index (χ2n) is 5.14. The molecule has 2 nitrogen and oxygen atoms in total. The number of aromatic nitrogens is 1. The maximum atomic E-state index is 14.1. The minimum Gasteiger partial charge on any atom is -0.494 e. The molecule has 122 valence electrons. The Morgan fingerprint density at radius 3 is 2.50 bits per heavy atom. The number of hydrogen-bond donors (Lipinski definition) is 0. The average Bonchev–Trinajstić information content (AvgIpc) is 2.55. The SMILES string of the molecule is CCOc1cc(-c2cccc(Cl)c2)nc(-c2ccc(F)cc2F)c1. The van der Waals surface area contributed by atoms with Crippen molar-refractivity contribution < 1.29 is 13.5 Å². The third-order valence-electron chi connectivity index (χ3n) is 3.44. The van der Waals surface area contributed by atoms with Crippen molar-refractivity contribution in [1.82, 2.24) is 4.98 Å². The van der Waals surface area contributed by atoms with E-state index >= 15 is 0 Å². The Labute approximate surface area is 143 Å². The molecular formula is C19H14ClF2NO. The molecule has 0 fully saturated rings. The molecule has 0 aliphatic carbocycles. The first kappa shape index (κ1) is 16.4. The zero-order valence-electron chi connectivity index (χ0n) is 12.9. The molecule has 3 rings (SSSR count). The Kier molecular flexibility index (Phi) is 4.76. The van der Waals surface area contributed by atoms with E-state index in [0.29, 0.717) is 28.8 Å². The van der Waals surface area contributed by atoms with Crippen LogP contribution in [-0.4, -0.2) is 11.6 Å². The van der Waals surface area contributed by atoms with Crippen LogP contribution in [0.2, 0.25) is 5.02 Å². The van der Waals surface area contributed by atoms with Gasteiger partial charge in [0.1, 0.15) is 17.4 Å². The highest BCUT2D eigenvalue weighted by Gasteiger charge is 2.12. The number of halogens is 3. The summed E-state index contributed by atoms with van der Waals surface area (Å²) in [6, 6.07) is 14.0. The van der Waals surface area contributed by atoms with Crippen LogP contribution in [0.5, 0.6) is 5.75 Å². The fraction of sp³-hybridized carbons (Fsp3) is 0.105. The predicted molar refractivity (Wildman–Crippen MR) is 91.2 cm³/mol. The minimum atomic E-state index is -0.673. The first-order valence-corrected chi connectivity index (χ1v) is 7.81. The van der Waals surface area contributed by atoms with Gasteiger partial charge in [-0.15, -0.1) is 0 Å². The molecule has 0 unspecified atom stereocenters. The monoisotopic (exact) mass is 345 g/mol. The number of rotatable bonds is 4. The number of hydrogen-bond acceptors (Lipinski definition) is 2. The van der Waals surface area contributed by atoms with E-state index in [2.05, 4.69) is 4.98 Å². The molecule has 3 aromatic rings. The molecule has 24 heavy (non-hydrogen) atoms. The molecule has 5 heteroatoms. The standard InChI is InChI=1S/C19H14ClF2NO/c1-2-24-15-10-18(12-4-3-5-13(20)8-12)23-19(11-15)16-7-6-14(21)9-17(16)22/h3-11H,2H2,1H3. The normalized spacial score (nSPS) is 10.7. The first-order valence-electron chi connectivity index (χ1n) is 7.43. The van der Waals surface area contributed by atoms with Gasteiger partial charge in [-0.2, -0.15) is 0 Å². The molecule has 1 aromatic heterocycles. The number of benzene rings is 2. The Morgan fingerprint density at radius 1 is 1.00 bits per heavy atom. The van der Waals surface area contributed by atoms with Crippen LogP contribution in [0.3, 0.4) is 0 Å². The van der Waals surface area contributed by atoms with E-state index in [1.165, 1.54) is 12.1 Å². The summed E-state index contributed by atoms with van der Waals surface area (Å²) < 4.78 is 32.8. The lowest BCUT2D eigenvalue weighted by atomic mass is 10.1. The van der Waals surface area contributed by atoms with Gasteiger partial charge < -0.3 is 4.74 Å². The minimum absolute atomic E-state index is 0.209. The van der Waals surface area contributed by atoms with Crippen LogP contribution in [0.15, 0.2) is 54.6 Å². The summed E-state index contributed by atoms with van der Waals surface area (Å²) in [5.41, 5.74) is 1.96. The van der Waals surface area contributed by atoms with Crippen LogP contribution in [0, 0.1) is 11.6 Å². The van der Waals surface area contributed by atoms with Crippen molar-refractivity contribution >= 4 is 11.6 Å². The Balaban J connectivity index is 2.15. The summed E-state index contributed by atoms with van der Waals surface area (Å²) in [6.07, 6.45) is 0. The van der Waals surface area contributed by atoms with Gasteiger partial charge in [0.15, 0.2) is 0 Å². The van der Waals surface area contributed by atoms with Crippen molar-refractivity contribution in [2.24, 2.45) is 0 Å². The molecule has 0 spiro atoms. The van der Waals surface area contributed by atoms with Gasteiger partial charge in [0.25, 0.3) is 0 Å². The van der Waals surface area contributed by atoms with Gasteiger partial charge in [-0.25, -0.2) is 13.8 Å². The van der Waals surface area contributed by atoms with Gasteiger partial charge in [0, 0.05) is 34.3 Å². The Bertz CT molecular complexity index is 883. The van der Waals surface area contributed by atoms with Gasteiger partial charge in [-0.05, 0) is 31.2 Å². The molecular weight excluding hydrogens is 332 g/mol. The molecule has 0 aliphatic rings. The van der Waals surface area contributed by atoms with E-state index in [9.17, 15) is 8.78 Å². The Hall–Kier alpha value is -2.46. The zero-order valence-corrected chi connectivity index (χ0v) is 13.6. The smallest absolute Gasteiger partial charge is 0.135 e. The average molecular weight is 346 g/mol. The lowest BCUT2D eigenvalue weighted by molar-refractivity contribution is 0.340. The van der Waals surface area contributed by atoms with Crippen LogP contribution < -0.4 is 4.74 Å². The molecule has 2 aromatic carbocycles. The van der Waals surface area contributed by atoms with Crippen LogP contribution in [0.25, 0.3) is 22.5 Å². The highest BCUT2D eigenvalue weighted by atomic mass is 35.5. The predicted octanol–water partition coefficient (Wildman–Crippen LogP) is 5.75. The lowest BCUT2D eigenvalue weighted by Gasteiger charge is -2.11. The van der Waals surface area contributed by atoms with Crippen LogP contribution in [0.1, 0.15) is 6.92 Å². The van der Waals surface area contributed by atoms with Gasteiger partial charge >= 0.3 is 0 Å². The van der Waals surface area contributed by atoms with E-state index in [0.717, 1.165) is 11.6 Å². The van der Waals surface area contributed by atoms with Crippen molar-refractivity contribution in [3.8, 4) is 28.3 Å². The summed E-state index contributed by atoms with van der Waals surface area (Å²) >= 11 is 6.03. The maximum absolute atomic E-state index is 14.1. The fourth-order valence-electron chi connectivity index (χ4n) is 2.39. The molecule has 0 bridgehead atoms. The van der Waals surface area contributed by atoms with Crippen LogP contribution in [0.4, 0.5) is 8.78 Å². The molecule has 0 radical (unpaired) electrons. The quantitative estimate of drug-likeness (QED) is 0.601. The lowest BCUT2D eigenvalue weighted by Crippen LogP contribution is -1.97. The number of pyridine rings is 1. The summed E-state index contributed by atoms with van der Waals surface area (Å²) in [7, 11) is 0. The second-order valence-corrected chi connectivity index (χ2v) is 5.58. The molecule has 0 N–H and O–H groups in total. The van der Waals surface area contributed by atoms with Crippen molar-refractivity contribution in [3.63, 3.8) is 0 Å². The Morgan fingerprint density at radius 2 is 1.79 bits per heavy atom. The van der Waals surface area contributed by atoms with Crippen molar-refractivity contribution in [2.45, 2.75) is 6.92 Å². The third kappa shape index (κ3) is 3.54. The molecule has 0 aliphatic heterocycles. The second kappa shape index (κ2) is 6.97. The molecule has 1 heterocycles. The van der Waals surface area contributed by atoms with Crippen molar-refractivity contribution in [1.29, 1.82) is 0 Å². The summed E-state index contributed by atoms with van der Waals surface area (Å²) in [6.45, 7) is 2.32. The van der Waals surface area contributed by atoms with E-state index in [1.807, 2.05) is 19.1 Å². The summed E-state index contributed by atoms with van der Waals surface area (Å²) in [5.74, 6) is -0.748. The fourth-order valence-corrected chi connectivity index (χ4v) is 2.58. The highest BCUT2D eigenvalue weighted by Crippen LogP contribution is 2.30. The molecule has 0 amide bonds. The van der Waals surface area contributed by atoms with E-state index < -0.39 is 11.6 Å². The van der Waals surface area contributed by atoms with Gasteiger partial charge in [0.05, 0.1) is 18.0 Å². The van der Waals surface area contributed by atoms with Crippen molar-refractivity contribution in [2.75, 3.05) is 6.61 Å². The number of ether oxygens (including phenoxy) is 1. The number of nitrogens with zero attached hydrogens (tertiary/aromatic N) is 1. The highest BCUT2D eigenvalue weighted by molar-refractivity contribution is 6.30. The molecule has 0 atom stereocenters. The maximum Gasteiger partial charge on any atom is 0.135 e. The van der Waals surface area contributed by atoms with Crippen LogP contribution >= 0.6 is 11.6 Å². The van der Waals surface area contributed by atoms with Crippen molar-refractivity contribution in [3.05, 3.63) is 71.3 Å². The van der Waals surface area contributed by atoms with Gasteiger partial charge in [0.2, 0.25) is 0 Å².